The van der Waals surface area contributed by atoms with E-state index in [1.54, 1.807) is 53.8 Å². The number of nitriles is 1. The number of nitrogens with zero attached hydrogens (tertiary/aromatic N) is 1. The van der Waals surface area contributed by atoms with Crippen LogP contribution in [0.3, 0.4) is 0 Å². The van der Waals surface area contributed by atoms with Gasteiger partial charge in [-0.1, -0.05) is 12.1 Å². The fourth-order valence-corrected chi connectivity index (χ4v) is 2.81. The monoisotopic (exact) mass is 415 g/mol. The molecule has 1 unspecified atom stereocenters. The third kappa shape index (κ3) is 3.19. The van der Waals surface area contributed by atoms with Crippen LogP contribution in [0, 0.1) is 11.3 Å². The number of rotatable bonds is 3. The van der Waals surface area contributed by atoms with Crippen LogP contribution in [0.15, 0.2) is 39.7 Å². The van der Waals surface area contributed by atoms with Crippen molar-refractivity contribution >= 4 is 34.1 Å². The minimum atomic E-state index is -2.52. The van der Waals surface area contributed by atoms with Crippen molar-refractivity contribution < 1.29 is 18.3 Å². The highest BCUT2D eigenvalue weighted by Gasteiger charge is 2.43. The van der Waals surface area contributed by atoms with Crippen LogP contribution >= 0.6 is 22.6 Å². The van der Waals surface area contributed by atoms with Crippen molar-refractivity contribution in [2.45, 2.75) is 19.0 Å². The van der Waals surface area contributed by atoms with Crippen molar-refractivity contribution in [3.8, 4) is 6.07 Å². The van der Waals surface area contributed by atoms with E-state index in [0.29, 0.717) is 22.8 Å². The number of carbonyl (C=O) groups excluding carboxylic acids is 1. The molecule has 1 aromatic rings. The Bertz CT molecular complexity index is 704. The van der Waals surface area contributed by atoms with Gasteiger partial charge in [0.25, 0.3) is 0 Å². The number of carbonyl (C=O) groups is 1. The van der Waals surface area contributed by atoms with Crippen LogP contribution in [0.4, 0.5) is 8.78 Å². The zero-order valence-electron chi connectivity index (χ0n) is 11.7. The maximum absolute atomic E-state index is 14.8. The first-order valence-electron chi connectivity index (χ1n) is 6.55. The molecule has 0 spiro atoms. The summed E-state index contributed by atoms with van der Waals surface area (Å²) in [6.07, 6.45) is 0.364. The molecule has 0 amide bonds. The van der Waals surface area contributed by atoms with E-state index in [0.717, 1.165) is 0 Å². The van der Waals surface area contributed by atoms with Crippen molar-refractivity contribution in [1.29, 1.82) is 5.26 Å². The smallest absolute Gasteiger partial charge is 0.348 e. The summed E-state index contributed by atoms with van der Waals surface area (Å²) in [5, 5.41) is 8.79. The Labute approximate surface area is 140 Å². The van der Waals surface area contributed by atoms with Crippen molar-refractivity contribution in [2.75, 3.05) is 6.61 Å². The number of halogens is 3. The van der Waals surface area contributed by atoms with Gasteiger partial charge in [-0.05, 0) is 52.8 Å². The van der Waals surface area contributed by atoms with Gasteiger partial charge < -0.3 is 4.74 Å². The first-order valence-corrected chi connectivity index (χ1v) is 7.63. The number of hydrogen-bond acceptors (Lipinski definition) is 3. The number of benzene rings is 1. The Balaban J connectivity index is 2.42. The lowest BCUT2D eigenvalue weighted by atomic mass is 9.87. The number of hydrogen-bond donors (Lipinski definition) is 0. The molecule has 0 fully saturated rings. The predicted molar refractivity (Wildman–Crippen MR) is 86.4 cm³/mol. The summed E-state index contributed by atoms with van der Waals surface area (Å²) < 4.78 is 33.8. The molecule has 0 radical (unpaired) electrons. The molecule has 0 bridgehead atoms. The maximum Gasteiger partial charge on any atom is 0.348 e. The molecular weight excluding hydrogens is 403 g/mol. The Morgan fingerprint density at radius 1 is 1.45 bits per heavy atom. The van der Waals surface area contributed by atoms with Crippen LogP contribution in [0.5, 0.6) is 0 Å². The van der Waals surface area contributed by atoms with Gasteiger partial charge in [-0.15, -0.1) is 0 Å². The molecule has 0 aliphatic heterocycles. The van der Waals surface area contributed by atoms with Crippen molar-refractivity contribution in [1.82, 2.24) is 0 Å². The normalized spacial score (nSPS) is 21.1. The average molecular weight is 415 g/mol. The molecule has 114 valence electrons. The summed E-state index contributed by atoms with van der Waals surface area (Å²) in [5.41, 5.74) is -1.13. The summed E-state index contributed by atoms with van der Waals surface area (Å²) in [4.78, 5) is 11.8. The Morgan fingerprint density at radius 2 is 2.09 bits per heavy atom. The standard InChI is InChI=1S/C16H12F2INO2/c1-2-22-15(21)16(18)7-12(14(19)13(17)8-16)11-5-3-10(9-20)4-6-11/h3-6,8H,2,7H2,1H3. The van der Waals surface area contributed by atoms with E-state index in [2.05, 4.69) is 0 Å². The number of alkyl halides is 1. The molecule has 0 saturated carbocycles. The molecule has 6 heteroatoms. The van der Waals surface area contributed by atoms with E-state index >= 15 is 0 Å². The van der Waals surface area contributed by atoms with Gasteiger partial charge in [0.15, 0.2) is 0 Å². The largest absolute Gasteiger partial charge is 0.463 e. The predicted octanol–water partition coefficient (Wildman–Crippen LogP) is 4.23. The van der Waals surface area contributed by atoms with E-state index in [1.165, 1.54) is 0 Å². The third-order valence-corrected chi connectivity index (χ3v) is 4.41. The topological polar surface area (TPSA) is 50.1 Å². The molecule has 1 aliphatic carbocycles. The van der Waals surface area contributed by atoms with E-state index in [4.69, 9.17) is 10.00 Å². The molecule has 1 atom stereocenters. The van der Waals surface area contributed by atoms with Gasteiger partial charge in [-0.3, -0.25) is 0 Å². The van der Waals surface area contributed by atoms with Crippen LogP contribution in [0.1, 0.15) is 24.5 Å². The van der Waals surface area contributed by atoms with Crippen molar-refractivity contribution in [2.24, 2.45) is 0 Å². The third-order valence-electron chi connectivity index (χ3n) is 3.24. The molecule has 0 heterocycles. The Morgan fingerprint density at radius 3 is 2.64 bits per heavy atom. The molecule has 0 N–H and O–H groups in total. The van der Waals surface area contributed by atoms with E-state index < -0.39 is 17.5 Å². The molecule has 0 aromatic heterocycles. The molecule has 3 nitrogen and oxygen atoms in total. The quantitative estimate of drug-likeness (QED) is 0.549. The first kappa shape index (κ1) is 16.6. The lowest BCUT2D eigenvalue weighted by Crippen LogP contribution is -2.36. The first-order chi connectivity index (χ1) is 10.4. The SMILES string of the molecule is CCOC(=O)C1(F)C=C(F)C(I)=C(c2ccc(C#N)cc2)C1. The zero-order chi connectivity index (χ0) is 16.3. The molecule has 1 aliphatic rings. The molecular formula is C16H12F2INO2. The molecule has 2 rings (SSSR count). The lowest BCUT2D eigenvalue weighted by Gasteiger charge is -2.26. The summed E-state index contributed by atoms with van der Waals surface area (Å²) in [5.74, 6) is -1.89. The summed E-state index contributed by atoms with van der Waals surface area (Å²) in [6.45, 7) is 1.58. The van der Waals surface area contributed by atoms with Gasteiger partial charge >= 0.3 is 5.97 Å². The van der Waals surface area contributed by atoms with Crippen molar-refractivity contribution in [3.63, 3.8) is 0 Å². The minimum Gasteiger partial charge on any atom is -0.463 e. The zero-order valence-corrected chi connectivity index (χ0v) is 13.9. The van der Waals surface area contributed by atoms with Gasteiger partial charge in [0.05, 0.1) is 21.8 Å². The van der Waals surface area contributed by atoms with Crippen LogP contribution in [-0.2, 0) is 9.53 Å². The fourth-order valence-electron chi connectivity index (χ4n) is 2.15. The molecule has 1 aromatic carbocycles. The van der Waals surface area contributed by atoms with Gasteiger partial charge in [-0.25, -0.2) is 13.6 Å². The average Bonchev–Trinajstić information content (AvgIpc) is 2.51. The highest BCUT2D eigenvalue weighted by Crippen LogP contribution is 2.43. The number of allylic oxidation sites excluding steroid dienone is 3. The summed E-state index contributed by atoms with van der Waals surface area (Å²) in [7, 11) is 0. The van der Waals surface area contributed by atoms with E-state index in [9.17, 15) is 13.6 Å². The second-order valence-corrected chi connectivity index (χ2v) is 5.81. The second kappa shape index (κ2) is 6.57. The van der Waals surface area contributed by atoms with Gasteiger partial charge in [0, 0.05) is 12.5 Å². The van der Waals surface area contributed by atoms with E-state index in [-0.39, 0.29) is 16.6 Å². The van der Waals surface area contributed by atoms with Crippen LogP contribution in [0.25, 0.3) is 5.57 Å². The van der Waals surface area contributed by atoms with Gasteiger partial charge in [-0.2, -0.15) is 5.26 Å². The summed E-state index contributed by atoms with van der Waals surface area (Å²) >= 11 is 1.78. The van der Waals surface area contributed by atoms with Crippen molar-refractivity contribution in [3.05, 3.63) is 50.9 Å². The lowest BCUT2D eigenvalue weighted by molar-refractivity contribution is -0.153. The Hall–Kier alpha value is -1.75. The van der Waals surface area contributed by atoms with Crippen LogP contribution in [0.2, 0.25) is 0 Å². The molecule has 22 heavy (non-hydrogen) atoms. The fraction of sp³-hybridized carbons (Fsp3) is 0.250. The van der Waals surface area contributed by atoms with Gasteiger partial charge in [0.1, 0.15) is 5.83 Å². The second-order valence-electron chi connectivity index (χ2n) is 4.73. The number of ether oxygens (including phenoxy) is 1. The Kier molecular flexibility index (Phi) is 4.96. The highest BCUT2D eigenvalue weighted by molar-refractivity contribution is 14.1. The minimum absolute atomic E-state index is 0.0208. The van der Waals surface area contributed by atoms with Gasteiger partial charge in [0.2, 0.25) is 5.67 Å². The van der Waals surface area contributed by atoms with Crippen LogP contribution in [-0.4, -0.2) is 18.2 Å². The van der Waals surface area contributed by atoms with E-state index in [1.807, 2.05) is 6.07 Å². The number of esters is 1. The highest BCUT2D eigenvalue weighted by atomic mass is 127. The summed E-state index contributed by atoms with van der Waals surface area (Å²) in [6, 6.07) is 8.32. The molecule has 0 saturated heterocycles. The van der Waals surface area contributed by atoms with Crippen LogP contribution < -0.4 is 0 Å². The maximum atomic E-state index is 14.8.